The molecule has 3 N–H and O–H groups in total. The van der Waals surface area contributed by atoms with Crippen LogP contribution in [-0.4, -0.2) is 50.0 Å². The fourth-order valence-corrected chi connectivity index (χ4v) is 4.11. The van der Waals surface area contributed by atoms with E-state index in [9.17, 15) is 4.79 Å². The van der Waals surface area contributed by atoms with E-state index in [1.54, 1.807) is 7.05 Å². The van der Waals surface area contributed by atoms with Gasteiger partial charge in [-0.25, -0.2) is 0 Å². The van der Waals surface area contributed by atoms with Crippen LogP contribution in [0.2, 0.25) is 0 Å². The Morgan fingerprint density at radius 3 is 2.64 bits per heavy atom. The first kappa shape index (κ1) is 20.6. The van der Waals surface area contributed by atoms with E-state index < -0.39 is 0 Å². The molecular formula is C22H35N5O. The Bertz CT molecular complexity index is 648. The first-order chi connectivity index (χ1) is 13.7. The average Bonchev–Trinajstić information content (AvgIpc) is 3.27. The van der Waals surface area contributed by atoms with Gasteiger partial charge in [-0.05, 0) is 56.5 Å². The summed E-state index contributed by atoms with van der Waals surface area (Å²) in [6, 6.07) is 8.07. The van der Waals surface area contributed by atoms with E-state index in [0.29, 0.717) is 6.54 Å². The number of likely N-dealkylation sites (tertiary alicyclic amines) is 1. The van der Waals surface area contributed by atoms with Gasteiger partial charge in [0, 0.05) is 38.3 Å². The molecule has 1 amide bonds. The highest BCUT2D eigenvalue weighted by molar-refractivity contribution is 5.92. The van der Waals surface area contributed by atoms with Crippen molar-refractivity contribution < 1.29 is 4.79 Å². The summed E-state index contributed by atoms with van der Waals surface area (Å²) in [5.41, 5.74) is 2.01. The number of amides is 1. The predicted octanol–water partition coefficient (Wildman–Crippen LogP) is 2.97. The summed E-state index contributed by atoms with van der Waals surface area (Å²) in [6.45, 7) is 5.07. The van der Waals surface area contributed by atoms with Gasteiger partial charge in [0.05, 0.1) is 0 Å². The molecule has 0 aromatic heterocycles. The van der Waals surface area contributed by atoms with E-state index in [2.05, 4.69) is 31.9 Å². The lowest BCUT2D eigenvalue weighted by molar-refractivity contribution is -0.119. The number of carbonyl (C=O) groups excluding carboxylic acids is 1. The third kappa shape index (κ3) is 6.51. The van der Waals surface area contributed by atoms with Crippen LogP contribution < -0.4 is 16.0 Å². The molecule has 2 fully saturated rings. The first-order valence-electron chi connectivity index (χ1n) is 10.8. The minimum atomic E-state index is 0.165. The highest BCUT2D eigenvalue weighted by Gasteiger charge is 2.22. The Morgan fingerprint density at radius 2 is 1.89 bits per heavy atom. The topological polar surface area (TPSA) is 68.8 Å². The van der Waals surface area contributed by atoms with E-state index in [1.165, 1.54) is 45.2 Å². The van der Waals surface area contributed by atoms with E-state index >= 15 is 0 Å². The summed E-state index contributed by atoms with van der Waals surface area (Å²) in [5, 5.41) is 9.84. The second-order valence-corrected chi connectivity index (χ2v) is 7.93. The summed E-state index contributed by atoms with van der Waals surface area (Å²) >= 11 is 0. The molecule has 6 heteroatoms. The van der Waals surface area contributed by atoms with Crippen molar-refractivity contribution in [3.8, 4) is 0 Å². The molecule has 1 aliphatic carbocycles. The maximum absolute atomic E-state index is 12.3. The lowest BCUT2D eigenvalue weighted by atomic mass is 10.1. The van der Waals surface area contributed by atoms with Gasteiger partial charge in [0.15, 0.2) is 5.96 Å². The van der Waals surface area contributed by atoms with Crippen LogP contribution in [0.15, 0.2) is 29.3 Å². The largest absolute Gasteiger partial charge is 0.355 e. The number of hydrogen-bond donors (Lipinski definition) is 3. The Hall–Kier alpha value is -2.08. The molecule has 6 nitrogen and oxygen atoms in total. The van der Waals surface area contributed by atoms with Gasteiger partial charge in [-0.1, -0.05) is 31.4 Å². The average molecular weight is 386 g/mol. The highest BCUT2D eigenvalue weighted by Crippen LogP contribution is 2.26. The summed E-state index contributed by atoms with van der Waals surface area (Å²) in [6.07, 6.45) is 8.39. The van der Waals surface area contributed by atoms with Crippen LogP contribution >= 0.6 is 0 Å². The Labute approximate surface area is 169 Å². The van der Waals surface area contributed by atoms with Gasteiger partial charge in [-0.15, -0.1) is 0 Å². The van der Waals surface area contributed by atoms with Gasteiger partial charge in [-0.3, -0.25) is 9.79 Å². The molecule has 0 spiro atoms. The van der Waals surface area contributed by atoms with Crippen molar-refractivity contribution in [1.82, 2.24) is 15.5 Å². The molecule has 0 bridgehead atoms. The second kappa shape index (κ2) is 11.1. The molecule has 2 aliphatic rings. The van der Waals surface area contributed by atoms with Crippen LogP contribution in [0.1, 0.15) is 50.5 Å². The maximum Gasteiger partial charge on any atom is 0.227 e. The molecule has 1 aliphatic heterocycles. The van der Waals surface area contributed by atoms with Gasteiger partial charge >= 0.3 is 0 Å². The van der Waals surface area contributed by atoms with Gasteiger partial charge in [0.1, 0.15) is 0 Å². The molecule has 28 heavy (non-hydrogen) atoms. The third-order valence-electron chi connectivity index (χ3n) is 5.77. The van der Waals surface area contributed by atoms with E-state index in [4.69, 9.17) is 0 Å². The summed E-state index contributed by atoms with van der Waals surface area (Å²) in [5.74, 6) is 1.17. The van der Waals surface area contributed by atoms with Crippen LogP contribution in [0.5, 0.6) is 0 Å². The Morgan fingerprint density at radius 1 is 1.11 bits per heavy atom. The Balaban J connectivity index is 1.41. The van der Waals surface area contributed by atoms with Crippen LogP contribution in [0.3, 0.4) is 0 Å². The van der Waals surface area contributed by atoms with Crippen molar-refractivity contribution in [2.75, 3.05) is 38.5 Å². The quantitative estimate of drug-likeness (QED) is 0.499. The van der Waals surface area contributed by atoms with Gasteiger partial charge in [0.25, 0.3) is 0 Å². The van der Waals surface area contributed by atoms with E-state index in [-0.39, 0.29) is 11.8 Å². The summed E-state index contributed by atoms with van der Waals surface area (Å²) in [7, 11) is 1.80. The molecule has 1 heterocycles. The number of guanidine groups is 1. The number of rotatable bonds is 7. The van der Waals surface area contributed by atoms with Crippen LogP contribution in [0, 0.1) is 5.92 Å². The van der Waals surface area contributed by atoms with E-state index in [1.807, 2.05) is 18.2 Å². The van der Waals surface area contributed by atoms with Crippen molar-refractivity contribution in [2.45, 2.75) is 51.5 Å². The second-order valence-electron chi connectivity index (χ2n) is 7.93. The standard InChI is InChI=1S/C22H35N5O/c1-23-22(24-12-15-27-13-5-2-6-14-27)25-17-18-8-7-11-20(16-18)26-21(28)19-9-3-4-10-19/h7-8,11,16,19H,2-6,9-10,12-15,17H2,1H3,(H,26,28)(H2,23,24,25). The van der Waals surface area contributed by atoms with Crippen molar-refractivity contribution in [3.63, 3.8) is 0 Å². The molecular weight excluding hydrogens is 350 g/mol. The van der Waals surface area contributed by atoms with Crippen molar-refractivity contribution in [1.29, 1.82) is 0 Å². The van der Waals surface area contributed by atoms with E-state index in [0.717, 1.165) is 43.1 Å². The molecule has 1 saturated carbocycles. The minimum Gasteiger partial charge on any atom is -0.355 e. The number of aliphatic imine (C=N–C) groups is 1. The molecule has 3 rings (SSSR count). The first-order valence-corrected chi connectivity index (χ1v) is 10.8. The predicted molar refractivity (Wildman–Crippen MR) is 116 cm³/mol. The number of benzene rings is 1. The van der Waals surface area contributed by atoms with Crippen LogP contribution in [-0.2, 0) is 11.3 Å². The van der Waals surface area contributed by atoms with Crippen LogP contribution in [0.25, 0.3) is 0 Å². The number of hydrogen-bond acceptors (Lipinski definition) is 3. The smallest absolute Gasteiger partial charge is 0.227 e. The number of piperidine rings is 1. The number of anilines is 1. The van der Waals surface area contributed by atoms with Crippen LogP contribution in [0.4, 0.5) is 5.69 Å². The molecule has 1 aromatic carbocycles. The lowest BCUT2D eigenvalue weighted by Gasteiger charge is -2.26. The Kier molecular flexibility index (Phi) is 8.15. The van der Waals surface area contributed by atoms with Gasteiger partial charge in [0.2, 0.25) is 5.91 Å². The molecule has 0 radical (unpaired) electrons. The van der Waals surface area contributed by atoms with Gasteiger partial charge in [-0.2, -0.15) is 0 Å². The third-order valence-corrected chi connectivity index (χ3v) is 5.77. The fraction of sp³-hybridized carbons (Fsp3) is 0.636. The normalized spacial score (nSPS) is 18.8. The van der Waals surface area contributed by atoms with Crippen molar-refractivity contribution >= 4 is 17.6 Å². The zero-order chi connectivity index (χ0) is 19.6. The molecule has 154 valence electrons. The number of carbonyl (C=O) groups is 1. The molecule has 1 aromatic rings. The molecule has 1 saturated heterocycles. The highest BCUT2D eigenvalue weighted by atomic mass is 16.1. The molecule has 0 unspecified atom stereocenters. The zero-order valence-corrected chi connectivity index (χ0v) is 17.2. The summed E-state index contributed by atoms with van der Waals surface area (Å²) < 4.78 is 0. The summed E-state index contributed by atoms with van der Waals surface area (Å²) in [4.78, 5) is 19.2. The maximum atomic E-state index is 12.3. The zero-order valence-electron chi connectivity index (χ0n) is 17.2. The SMILES string of the molecule is CN=C(NCCN1CCCCC1)NCc1cccc(NC(=O)C2CCCC2)c1. The van der Waals surface area contributed by atoms with Crippen molar-refractivity contribution in [2.24, 2.45) is 10.9 Å². The minimum absolute atomic E-state index is 0.165. The van der Waals surface area contributed by atoms with Gasteiger partial charge < -0.3 is 20.9 Å². The molecule has 0 atom stereocenters. The number of nitrogens with zero attached hydrogens (tertiary/aromatic N) is 2. The van der Waals surface area contributed by atoms with Crippen molar-refractivity contribution in [3.05, 3.63) is 29.8 Å². The monoisotopic (exact) mass is 385 g/mol. The fourth-order valence-electron chi connectivity index (χ4n) is 4.11. The lowest BCUT2D eigenvalue weighted by Crippen LogP contribution is -2.42. The number of nitrogens with one attached hydrogen (secondary N) is 3.